The average molecular weight is 655 g/mol. The highest BCUT2D eigenvalue weighted by atomic mass is 19.1. The summed E-state index contributed by atoms with van der Waals surface area (Å²) in [7, 11) is 1.80. The normalized spacial score (nSPS) is 18.8. The van der Waals surface area contributed by atoms with Gasteiger partial charge in [-0.05, 0) is 67.0 Å². The Labute approximate surface area is 278 Å². The zero-order valence-electron chi connectivity index (χ0n) is 27.6. The average Bonchev–Trinajstić information content (AvgIpc) is 3.71. The predicted molar refractivity (Wildman–Crippen MR) is 180 cm³/mol. The number of amides is 1. The number of aliphatic carboxylic acids is 1. The second-order valence-corrected chi connectivity index (χ2v) is 13.9. The fraction of sp³-hybridized carbons (Fsp3) is 0.342. The van der Waals surface area contributed by atoms with E-state index in [1.54, 1.807) is 30.4 Å². The molecule has 250 valence electrons. The first-order valence-electron chi connectivity index (χ1n) is 16.2. The number of rotatable bonds is 3. The van der Waals surface area contributed by atoms with Gasteiger partial charge in [0.05, 0.1) is 12.0 Å². The van der Waals surface area contributed by atoms with Gasteiger partial charge in [-0.3, -0.25) is 9.59 Å². The van der Waals surface area contributed by atoms with Crippen LogP contribution >= 0.6 is 0 Å². The highest BCUT2D eigenvalue weighted by Crippen LogP contribution is 2.41. The number of ether oxygens (including phenoxy) is 1. The number of benzene rings is 3. The SMILES string of the molecule is CN1CC(C)(C)CCCC(C)(c2cccc(CC(=O)O)c2)c2cnc([nH]2)-c2cc(ccc2F)Oc2c(F)cc3[nH]ccc3c2CCC1=O. The van der Waals surface area contributed by atoms with Gasteiger partial charge in [0.15, 0.2) is 11.6 Å². The first-order chi connectivity index (χ1) is 22.8. The first-order valence-corrected chi connectivity index (χ1v) is 16.2. The Morgan fingerprint density at radius 2 is 1.85 bits per heavy atom. The lowest BCUT2D eigenvalue weighted by atomic mass is 9.73. The molecule has 0 saturated carbocycles. The van der Waals surface area contributed by atoms with Crippen LogP contribution in [0.2, 0.25) is 0 Å². The fourth-order valence-corrected chi connectivity index (χ4v) is 6.97. The summed E-state index contributed by atoms with van der Waals surface area (Å²) >= 11 is 0. The minimum Gasteiger partial charge on any atom is -0.481 e. The van der Waals surface area contributed by atoms with Crippen molar-refractivity contribution < 1.29 is 28.2 Å². The highest BCUT2D eigenvalue weighted by molar-refractivity contribution is 5.86. The van der Waals surface area contributed by atoms with Crippen LogP contribution in [0.3, 0.4) is 0 Å². The second-order valence-electron chi connectivity index (χ2n) is 13.9. The van der Waals surface area contributed by atoms with E-state index in [1.807, 2.05) is 24.3 Å². The summed E-state index contributed by atoms with van der Waals surface area (Å²) in [6, 6.07) is 14.9. The number of hydrogen-bond donors (Lipinski definition) is 3. The predicted octanol–water partition coefficient (Wildman–Crippen LogP) is 8.16. The molecule has 3 aromatic carbocycles. The standard InChI is InChI=1S/C38H40F2N4O4/c1-37(2)14-6-15-38(3,24-8-5-7-23(17-24)18-34(46)47)32-21-42-36(43-32)28-19-25(9-11-29(28)39)48-35-27(10-12-33(45)44(4)22-37)26-13-16-41-31(26)20-30(35)40/h5,7-9,11,13,16-17,19-21,41H,6,10,12,14-15,18,22H2,1-4H3,(H,42,43)(H,46,47). The lowest BCUT2D eigenvalue weighted by molar-refractivity contribution is -0.136. The molecule has 1 aliphatic heterocycles. The van der Waals surface area contributed by atoms with Crippen molar-refractivity contribution in [1.29, 1.82) is 0 Å². The maximum atomic E-state index is 15.6. The Morgan fingerprint density at radius 1 is 1.04 bits per heavy atom. The molecule has 6 rings (SSSR count). The van der Waals surface area contributed by atoms with Gasteiger partial charge in [-0.1, -0.05) is 44.5 Å². The molecule has 5 aromatic rings. The second kappa shape index (κ2) is 12.9. The van der Waals surface area contributed by atoms with Gasteiger partial charge in [-0.25, -0.2) is 13.8 Å². The number of carboxylic acid groups (broad SMARTS) is 1. The maximum Gasteiger partial charge on any atom is 0.307 e. The Hall–Kier alpha value is -4.99. The fourth-order valence-electron chi connectivity index (χ4n) is 6.97. The molecule has 1 amide bonds. The molecular weight excluding hydrogens is 614 g/mol. The van der Waals surface area contributed by atoms with E-state index in [4.69, 9.17) is 4.74 Å². The van der Waals surface area contributed by atoms with Gasteiger partial charge >= 0.3 is 5.97 Å². The summed E-state index contributed by atoms with van der Waals surface area (Å²) in [5.74, 6) is -1.62. The molecule has 2 aromatic heterocycles. The van der Waals surface area contributed by atoms with Crippen LogP contribution in [0.15, 0.2) is 67.0 Å². The van der Waals surface area contributed by atoms with Gasteiger partial charge in [0.25, 0.3) is 0 Å². The number of halogens is 2. The van der Waals surface area contributed by atoms with E-state index in [2.05, 4.69) is 35.7 Å². The van der Waals surface area contributed by atoms with E-state index < -0.39 is 23.0 Å². The molecule has 4 bridgehead atoms. The summed E-state index contributed by atoms with van der Waals surface area (Å²) < 4.78 is 37.2. The van der Waals surface area contributed by atoms with Crippen molar-refractivity contribution in [3.05, 3.63) is 101 Å². The molecule has 48 heavy (non-hydrogen) atoms. The molecule has 3 N–H and O–H groups in total. The zero-order valence-corrected chi connectivity index (χ0v) is 27.6. The number of carbonyl (C=O) groups excluding carboxylic acids is 1. The molecule has 0 radical (unpaired) electrons. The number of carboxylic acids is 1. The van der Waals surface area contributed by atoms with Gasteiger partial charge in [0.2, 0.25) is 5.91 Å². The van der Waals surface area contributed by atoms with Crippen molar-refractivity contribution in [2.45, 2.75) is 64.7 Å². The lowest BCUT2D eigenvalue weighted by Crippen LogP contribution is -2.36. The van der Waals surface area contributed by atoms with Crippen molar-refractivity contribution in [1.82, 2.24) is 19.9 Å². The Kier molecular flexibility index (Phi) is 8.85. The summed E-state index contributed by atoms with van der Waals surface area (Å²) in [4.78, 5) is 37.7. The molecule has 8 nitrogen and oxygen atoms in total. The van der Waals surface area contributed by atoms with Crippen LogP contribution in [-0.4, -0.2) is 50.4 Å². The molecule has 1 aliphatic rings. The summed E-state index contributed by atoms with van der Waals surface area (Å²) in [5, 5.41) is 10.2. The molecule has 0 saturated heterocycles. The third-order valence-corrected chi connectivity index (χ3v) is 9.58. The number of nitrogens with one attached hydrogen (secondary N) is 2. The maximum absolute atomic E-state index is 15.6. The Balaban J connectivity index is 1.47. The van der Waals surface area contributed by atoms with E-state index >= 15 is 8.78 Å². The Bertz CT molecular complexity index is 2000. The number of nitrogens with zero attached hydrogens (tertiary/aromatic N) is 2. The monoisotopic (exact) mass is 654 g/mol. The van der Waals surface area contributed by atoms with E-state index in [-0.39, 0.29) is 53.5 Å². The van der Waals surface area contributed by atoms with Crippen LogP contribution in [0.5, 0.6) is 11.5 Å². The van der Waals surface area contributed by atoms with Crippen molar-refractivity contribution in [3.8, 4) is 22.9 Å². The molecule has 3 heterocycles. The van der Waals surface area contributed by atoms with Gasteiger partial charge < -0.3 is 24.7 Å². The summed E-state index contributed by atoms with van der Waals surface area (Å²) in [6.45, 7) is 6.88. The molecule has 0 spiro atoms. The number of fused-ring (bicyclic) bond motifs is 8. The number of hydrogen-bond acceptors (Lipinski definition) is 4. The molecular formula is C38H40F2N4O4. The number of imidazole rings is 1. The zero-order chi connectivity index (χ0) is 34.2. The van der Waals surface area contributed by atoms with Gasteiger partial charge in [0, 0.05) is 66.0 Å². The van der Waals surface area contributed by atoms with Crippen LogP contribution < -0.4 is 4.74 Å². The van der Waals surface area contributed by atoms with Crippen LogP contribution in [0, 0.1) is 17.0 Å². The smallest absolute Gasteiger partial charge is 0.307 e. The van der Waals surface area contributed by atoms with Crippen molar-refractivity contribution in [2.75, 3.05) is 13.6 Å². The number of H-pyrrole nitrogens is 2. The van der Waals surface area contributed by atoms with Gasteiger partial charge in [-0.2, -0.15) is 0 Å². The van der Waals surface area contributed by atoms with Crippen molar-refractivity contribution in [2.24, 2.45) is 5.41 Å². The molecule has 10 heteroatoms. The van der Waals surface area contributed by atoms with Crippen molar-refractivity contribution >= 4 is 22.8 Å². The quantitative estimate of drug-likeness (QED) is 0.182. The molecule has 1 atom stereocenters. The van der Waals surface area contributed by atoms with Crippen LogP contribution in [0.1, 0.15) is 68.8 Å². The lowest BCUT2D eigenvalue weighted by Gasteiger charge is -2.34. The van der Waals surface area contributed by atoms with Gasteiger partial charge in [-0.15, -0.1) is 0 Å². The van der Waals surface area contributed by atoms with Crippen molar-refractivity contribution in [3.63, 3.8) is 0 Å². The van der Waals surface area contributed by atoms with E-state index in [9.17, 15) is 14.7 Å². The number of aryl methyl sites for hydroxylation is 1. The Morgan fingerprint density at radius 3 is 2.65 bits per heavy atom. The van der Waals surface area contributed by atoms with E-state index in [0.717, 1.165) is 29.5 Å². The van der Waals surface area contributed by atoms with E-state index in [0.29, 0.717) is 29.6 Å². The number of aromatic nitrogens is 3. The minimum atomic E-state index is -0.917. The third kappa shape index (κ3) is 6.70. The van der Waals surface area contributed by atoms with Crippen LogP contribution in [0.4, 0.5) is 8.78 Å². The van der Waals surface area contributed by atoms with Gasteiger partial charge in [0.1, 0.15) is 17.4 Å². The third-order valence-electron chi connectivity index (χ3n) is 9.58. The first kappa shape index (κ1) is 32.9. The molecule has 0 fully saturated rings. The van der Waals surface area contributed by atoms with Crippen LogP contribution in [-0.2, 0) is 27.8 Å². The number of carbonyl (C=O) groups is 2. The number of aromatic amines is 2. The molecule has 1 unspecified atom stereocenters. The highest BCUT2D eigenvalue weighted by Gasteiger charge is 2.33. The topological polar surface area (TPSA) is 111 Å². The summed E-state index contributed by atoms with van der Waals surface area (Å²) in [5.41, 5.74) is 2.78. The largest absolute Gasteiger partial charge is 0.481 e. The minimum absolute atomic E-state index is 0.0118. The van der Waals surface area contributed by atoms with E-state index in [1.165, 1.54) is 24.3 Å². The van der Waals surface area contributed by atoms with Crippen LogP contribution in [0.25, 0.3) is 22.3 Å². The summed E-state index contributed by atoms with van der Waals surface area (Å²) in [6.07, 6.45) is 5.98. The molecule has 0 aliphatic carbocycles.